The second-order valence-electron chi connectivity index (χ2n) is 4.48. The zero-order valence-corrected chi connectivity index (χ0v) is 8.58. The van der Waals surface area contributed by atoms with Crippen LogP contribution in [0.4, 0.5) is 0 Å². The van der Waals surface area contributed by atoms with Crippen LogP contribution in [0.25, 0.3) is 0 Å². The highest BCUT2D eigenvalue weighted by atomic mass is 15.3. The van der Waals surface area contributed by atoms with Crippen LogP contribution < -0.4 is 5.73 Å². The van der Waals surface area contributed by atoms with E-state index in [0.29, 0.717) is 0 Å². The van der Waals surface area contributed by atoms with Crippen molar-refractivity contribution in [1.29, 1.82) is 0 Å². The molecule has 2 fully saturated rings. The van der Waals surface area contributed by atoms with E-state index in [1.54, 1.807) is 0 Å². The lowest BCUT2D eigenvalue weighted by molar-refractivity contribution is 0.0306. The molecule has 2 unspecified atom stereocenters. The van der Waals surface area contributed by atoms with Crippen molar-refractivity contribution >= 4 is 0 Å². The molecule has 1 aliphatic heterocycles. The van der Waals surface area contributed by atoms with Gasteiger partial charge in [-0.25, -0.2) is 0 Å². The third-order valence-corrected chi connectivity index (χ3v) is 3.69. The first-order valence-electron chi connectivity index (χ1n) is 5.44. The Morgan fingerprint density at radius 2 is 1.85 bits per heavy atom. The predicted molar refractivity (Wildman–Crippen MR) is 54.6 cm³/mol. The van der Waals surface area contributed by atoms with Gasteiger partial charge in [-0.15, -0.1) is 0 Å². The maximum absolute atomic E-state index is 5.72. The molecule has 1 saturated heterocycles. The number of hydrogen-bond acceptors (Lipinski definition) is 3. The van der Waals surface area contributed by atoms with Crippen LogP contribution in [0.3, 0.4) is 0 Å². The van der Waals surface area contributed by atoms with Crippen LogP contribution >= 0.6 is 0 Å². The Labute approximate surface area is 80.9 Å². The summed E-state index contributed by atoms with van der Waals surface area (Å²) in [5.74, 6) is 0.795. The number of likely N-dealkylation sites (N-methyl/N-ethyl adjacent to an activating group) is 1. The number of nitrogens with two attached hydrogens (primary N) is 1. The molecule has 2 aliphatic rings. The summed E-state index contributed by atoms with van der Waals surface area (Å²) in [6.07, 6.45) is 2.74. The first-order valence-corrected chi connectivity index (χ1v) is 5.44. The van der Waals surface area contributed by atoms with Crippen molar-refractivity contribution in [2.75, 3.05) is 39.8 Å². The zero-order chi connectivity index (χ0) is 9.26. The molecule has 0 radical (unpaired) electrons. The van der Waals surface area contributed by atoms with Crippen molar-refractivity contribution in [3.05, 3.63) is 0 Å². The lowest BCUT2D eigenvalue weighted by Gasteiger charge is -2.47. The third-order valence-electron chi connectivity index (χ3n) is 3.69. The lowest BCUT2D eigenvalue weighted by atomic mass is 9.78. The second kappa shape index (κ2) is 3.95. The van der Waals surface area contributed by atoms with E-state index in [1.165, 1.54) is 39.0 Å². The van der Waals surface area contributed by atoms with E-state index in [4.69, 9.17) is 5.73 Å². The van der Waals surface area contributed by atoms with Gasteiger partial charge >= 0.3 is 0 Å². The summed E-state index contributed by atoms with van der Waals surface area (Å²) in [6, 6.07) is 0.818. The fraction of sp³-hybridized carbons (Fsp3) is 1.00. The second-order valence-corrected chi connectivity index (χ2v) is 4.48. The van der Waals surface area contributed by atoms with Crippen molar-refractivity contribution < 1.29 is 0 Å². The Bertz CT molecular complexity index is 162. The maximum atomic E-state index is 5.72. The van der Waals surface area contributed by atoms with Crippen LogP contribution in [0.15, 0.2) is 0 Å². The average Bonchev–Trinajstić information content (AvgIpc) is 2.08. The Morgan fingerprint density at radius 1 is 1.15 bits per heavy atom. The summed E-state index contributed by atoms with van der Waals surface area (Å²) in [4.78, 5) is 5.05. The molecule has 13 heavy (non-hydrogen) atoms. The van der Waals surface area contributed by atoms with Gasteiger partial charge in [0, 0.05) is 32.2 Å². The van der Waals surface area contributed by atoms with Gasteiger partial charge in [-0.05, 0) is 32.4 Å². The molecular formula is C10H21N3. The van der Waals surface area contributed by atoms with Crippen LogP contribution in [0, 0.1) is 5.92 Å². The number of rotatable bonds is 2. The fourth-order valence-corrected chi connectivity index (χ4v) is 2.46. The van der Waals surface area contributed by atoms with E-state index in [9.17, 15) is 0 Å². The first-order chi connectivity index (χ1) is 6.31. The van der Waals surface area contributed by atoms with Crippen molar-refractivity contribution in [1.82, 2.24) is 9.80 Å². The van der Waals surface area contributed by atoms with Gasteiger partial charge in [0.05, 0.1) is 0 Å². The SMILES string of the molecule is CN1CCN(C2CCC2CN)CC1. The molecule has 0 aromatic rings. The molecule has 2 N–H and O–H groups in total. The Balaban J connectivity index is 1.81. The van der Waals surface area contributed by atoms with Gasteiger partial charge in [-0.1, -0.05) is 0 Å². The third kappa shape index (κ3) is 1.87. The smallest absolute Gasteiger partial charge is 0.0137 e. The van der Waals surface area contributed by atoms with Gasteiger partial charge in [0.2, 0.25) is 0 Å². The Morgan fingerprint density at radius 3 is 2.31 bits per heavy atom. The fourth-order valence-electron chi connectivity index (χ4n) is 2.46. The largest absolute Gasteiger partial charge is 0.330 e. The van der Waals surface area contributed by atoms with E-state index < -0.39 is 0 Å². The van der Waals surface area contributed by atoms with E-state index in [1.807, 2.05) is 0 Å². The maximum Gasteiger partial charge on any atom is 0.0137 e. The number of nitrogens with zero attached hydrogens (tertiary/aromatic N) is 2. The lowest BCUT2D eigenvalue weighted by Crippen LogP contribution is -2.56. The van der Waals surface area contributed by atoms with Gasteiger partial charge in [-0.3, -0.25) is 4.90 Å². The van der Waals surface area contributed by atoms with E-state index in [-0.39, 0.29) is 0 Å². The summed E-state index contributed by atoms with van der Waals surface area (Å²) >= 11 is 0. The minimum absolute atomic E-state index is 0.795. The molecule has 0 spiro atoms. The van der Waals surface area contributed by atoms with Gasteiger partial charge in [0.1, 0.15) is 0 Å². The Hall–Kier alpha value is -0.120. The van der Waals surface area contributed by atoms with E-state index >= 15 is 0 Å². The normalized spacial score (nSPS) is 37.4. The van der Waals surface area contributed by atoms with Gasteiger partial charge in [0.25, 0.3) is 0 Å². The zero-order valence-electron chi connectivity index (χ0n) is 8.58. The first kappa shape index (κ1) is 9.44. The summed E-state index contributed by atoms with van der Waals surface area (Å²) in [5.41, 5.74) is 5.72. The predicted octanol–water partition coefficient (Wildman–Crippen LogP) is -0.0289. The Kier molecular flexibility index (Phi) is 2.86. The van der Waals surface area contributed by atoms with Crippen LogP contribution in [-0.4, -0.2) is 55.6 Å². The molecule has 3 heteroatoms. The van der Waals surface area contributed by atoms with Crippen molar-refractivity contribution in [2.24, 2.45) is 11.7 Å². The quantitative estimate of drug-likeness (QED) is 0.652. The van der Waals surface area contributed by atoms with Crippen molar-refractivity contribution in [3.63, 3.8) is 0 Å². The highest BCUT2D eigenvalue weighted by Crippen LogP contribution is 2.31. The molecule has 76 valence electrons. The van der Waals surface area contributed by atoms with Crippen LogP contribution in [-0.2, 0) is 0 Å². The standard InChI is InChI=1S/C10H21N3/c1-12-4-6-13(7-5-12)10-3-2-9(10)8-11/h9-10H,2-8,11H2,1H3. The summed E-state index contributed by atoms with van der Waals surface area (Å²) in [5, 5.41) is 0. The summed E-state index contributed by atoms with van der Waals surface area (Å²) in [7, 11) is 2.21. The van der Waals surface area contributed by atoms with Gasteiger partial charge < -0.3 is 10.6 Å². The molecule has 3 nitrogen and oxygen atoms in total. The molecule has 1 saturated carbocycles. The highest BCUT2D eigenvalue weighted by Gasteiger charge is 2.35. The molecule has 0 bridgehead atoms. The molecular weight excluding hydrogens is 162 g/mol. The summed E-state index contributed by atoms with van der Waals surface area (Å²) in [6.45, 7) is 5.84. The number of piperazine rings is 1. The minimum Gasteiger partial charge on any atom is -0.330 e. The van der Waals surface area contributed by atoms with Crippen molar-refractivity contribution in [3.8, 4) is 0 Å². The van der Waals surface area contributed by atoms with E-state index in [2.05, 4.69) is 16.8 Å². The van der Waals surface area contributed by atoms with Gasteiger partial charge in [-0.2, -0.15) is 0 Å². The molecule has 0 aromatic carbocycles. The topological polar surface area (TPSA) is 32.5 Å². The highest BCUT2D eigenvalue weighted by molar-refractivity contribution is 4.90. The molecule has 1 heterocycles. The van der Waals surface area contributed by atoms with Gasteiger partial charge in [0.15, 0.2) is 0 Å². The minimum atomic E-state index is 0.795. The van der Waals surface area contributed by atoms with E-state index in [0.717, 1.165) is 18.5 Å². The molecule has 0 amide bonds. The van der Waals surface area contributed by atoms with Crippen LogP contribution in [0.1, 0.15) is 12.8 Å². The molecule has 2 atom stereocenters. The molecule has 1 aliphatic carbocycles. The molecule has 2 rings (SSSR count). The van der Waals surface area contributed by atoms with Crippen molar-refractivity contribution in [2.45, 2.75) is 18.9 Å². The number of hydrogen-bond donors (Lipinski definition) is 1. The monoisotopic (exact) mass is 183 g/mol. The van der Waals surface area contributed by atoms with Crippen LogP contribution in [0.5, 0.6) is 0 Å². The average molecular weight is 183 g/mol. The summed E-state index contributed by atoms with van der Waals surface area (Å²) < 4.78 is 0. The van der Waals surface area contributed by atoms with Crippen LogP contribution in [0.2, 0.25) is 0 Å². The molecule has 0 aromatic heterocycles.